The standard InChI is InChI=1S/C19H25NO2.C3H6/c1-12-4-3-5-14(8-12)18-17(21)9-13(2)16-10-20(15-6-7-15)11-22-19(16)18;1-3-2/h8-9,14-15,21H,3-7,10-11H2,1-2H3;3H,1H2,2H3. The van der Waals surface area contributed by atoms with Crippen molar-refractivity contribution in [3.05, 3.63) is 47.1 Å². The molecule has 1 saturated carbocycles. The SMILES string of the molecule is C=CC.CC1=CC(c2c(O)cc(C)c3c2OCN(C2CC2)C3)CCC1. The molecule has 1 heterocycles. The highest BCUT2D eigenvalue weighted by molar-refractivity contribution is 5.57. The molecule has 1 fully saturated rings. The average molecular weight is 341 g/mol. The summed E-state index contributed by atoms with van der Waals surface area (Å²) in [6, 6.07) is 2.65. The van der Waals surface area contributed by atoms with Crippen LogP contribution < -0.4 is 4.74 Å². The summed E-state index contributed by atoms with van der Waals surface area (Å²) in [5, 5.41) is 10.6. The second kappa shape index (κ2) is 7.65. The Morgan fingerprint density at radius 2 is 2.00 bits per heavy atom. The number of rotatable bonds is 2. The second-order valence-electron chi connectivity index (χ2n) is 7.61. The normalized spacial score (nSPS) is 22.8. The van der Waals surface area contributed by atoms with Crippen molar-refractivity contribution in [3.8, 4) is 11.5 Å². The van der Waals surface area contributed by atoms with Gasteiger partial charge in [0.2, 0.25) is 0 Å². The van der Waals surface area contributed by atoms with E-state index < -0.39 is 0 Å². The highest BCUT2D eigenvalue weighted by Gasteiger charge is 2.35. The van der Waals surface area contributed by atoms with Gasteiger partial charge in [0.05, 0.1) is 0 Å². The predicted molar refractivity (Wildman–Crippen MR) is 103 cm³/mol. The number of benzene rings is 1. The molecule has 1 aromatic carbocycles. The summed E-state index contributed by atoms with van der Waals surface area (Å²) in [6.45, 7) is 11.2. The molecule has 1 unspecified atom stereocenters. The van der Waals surface area contributed by atoms with Crippen LogP contribution in [-0.4, -0.2) is 22.8 Å². The smallest absolute Gasteiger partial charge is 0.142 e. The van der Waals surface area contributed by atoms with Gasteiger partial charge in [-0.3, -0.25) is 4.90 Å². The van der Waals surface area contributed by atoms with E-state index in [0.29, 0.717) is 24.4 Å². The quantitative estimate of drug-likeness (QED) is 0.729. The van der Waals surface area contributed by atoms with Gasteiger partial charge in [-0.2, -0.15) is 0 Å². The van der Waals surface area contributed by atoms with Gasteiger partial charge < -0.3 is 9.84 Å². The first-order valence-electron chi connectivity index (χ1n) is 9.51. The lowest BCUT2D eigenvalue weighted by atomic mass is 9.83. The topological polar surface area (TPSA) is 32.7 Å². The first-order chi connectivity index (χ1) is 12.0. The van der Waals surface area contributed by atoms with Gasteiger partial charge >= 0.3 is 0 Å². The lowest BCUT2D eigenvalue weighted by molar-refractivity contribution is 0.0861. The third-order valence-electron chi connectivity index (χ3n) is 5.37. The molecule has 4 rings (SSSR count). The second-order valence-corrected chi connectivity index (χ2v) is 7.61. The van der Waals surface area contributed by atoms with E-state index in [9.17, 15) is 5.11 Å². The number of ether oxygens (including phenoxy) is 1. The molecule has 3 heteroatoms. The van der Waals surface area contributed by atoms with E-state index in [1.54, 1.807) is 6.08 Å². The van der Waals surface area contributed by atoms with E-state index in [-0.39, 0.29) is 0 Å². The molecule has 0 aromatic heterocycles. The number of fused-ring (bicyclic) bond motifs is 1. The van der Waals surface area contributed by atoms with E-state index in [2.05, 4.69) is 31.4 Å². The fourth-order valence-electron chi connectivity index (χ4n) is 3.96. The fraction of sp³-hybridized carbons (Fsp3) is 0.545. The first-order valence-corrected chi connectivity index (χ1v) is 9.51. The third kappa shape index (κ3) is 3.92. The van der Waals surface area contributed by atoms with Crippen molar-refractivity contribution in [1.29, 1.82) is 0 Å². The minimum atomic E-state index is 0.301. The van der Waals surface area contributed by atoms with Crippen molar-refractivity contribution in [2.24, 2.45) is 0 Å². The number of phenolic OH excluding ortho intramolecular Hbond substituents is 1. The van der Waals surface area contributed by atoms with Gasteiger partial charge in [0, 0.05) is 29.6 Å². The number of aryl methyl sites for hydroxylation is 1. The van der Waals surface area contributed by atoms with Crippen LogP contribution in [0.1, 0.15) is 68.6 Å². The third-order valence-corrected chi connectivity index (χ3v) is 5.37. The summed E-state index contributed by atoms with van der Waals surface area (Å²) >= 11 is 0. The zero-order chi connectivity index (χ0) is 18.0. The molecule has 25 heavy (non-hydrogen) atoms. The summed E-state index contributed by atoms with van der Waals surface area (Å²) in [5.74, 6) is 1.67. The van der Waals surface area contributed by atoms with Crippen LogP contribution in [0.5, 0.6) is 11.5 Å². The van der Waals surface area contributed by atoms with E-state index in [0.717, 1.165) is 29.8 Å². The average Bonchev–Trinajstić information content (AvgIpc) is 3.40. The molecule has 1 aliphatic heterocycles. The molecule has 0 saturated heterocycles. The van der Waals surface area contributed by atoms with E-state index in [1.807, 2.05) is 13.0 Å². The minimum absolute atomic E-state index is 0.301. The number of allylic oxidation sites excluding steroid dienone is 3. The summed E-state index contributed by atoms with van der Waals surface area (Å²) in [5.41, 5.74) is 4.89. The van der Waals surface area contributed by atoms with Gasteiger partial charge in [-0.25, -0.2) is 0 Å². The molecule has 3 aliphatic rings. The van der Waals surface area contributed by atoms with Crippen LogP contribution in [0, 0.1) is 6.92 Å². The van der Waals surface area contributed by atoms with E-state index in [1.165, 1.54) is 36.8 Å². The number of phenols is 1. The Bertz CT molecular complexity index is 673. The van der Waals surface area contributed by atoms with Crippen molar-refractivity contribution in [1.82, 2.24) is 4.90 Å². The highest BCUT2D eigenvalue weighted by atomic mass is 16.5. The molecule has 1 atom stereocenters. The summed E-state index contributed by atoms with van der Waals surface area (Å²) in [4.78, 5) is 2.43. The van der Waals surface area contributed by atoms with Crippen LogP contribution in [0.4, 0.5) is 0 Å². The summed E-state index contributed by atoms with van der Waals surface area (Å²) in [6.07, 6.45) is 10.2. The molecular weight excluding hydrogens is 310 g/mol. The summed E-state index contributed by atoms with van der Waals surface area (Å²) < 4.78 is 6.16. The largest absolute Gasteiger partial charge is 0.507 e. The molecule has 136 valence electrons. The van der Waals surface area contributed by atoms with Crippen LogP contribution in [0.2, 0.25) is 0 Å². The molecule has 0 spiro atoms. The molecular formula is C22H31NO2. The Morgan fingerprint density at radius 3 is 2.64 bits per heavy atom. The van der Waals surface area contributed by atoms with Crippen LogP contribution in [0.3, 0.4) is 0 Å². The Balaban J connectivity index is 0.000000569. The summed E-state index contributed by atoms with van der Waals surface area (Å²) in [7, 11) is 0. The molecule has 0 amide bonds. The van der Waals surface area contributed by atoms with Crippen LogP contribution in [-0.2, 0) is 6.54 Å². The predicted octanol–water partition coefficient (Wildman–Crippen LogP) is 5.42. The van der Waals surface area contributed by atoms with Crippen molar-refractivity contribution >= 4 is 0 Å². The number of aromatic hydroxyl groups is 1. The van der Waals surface area contributed by atoms with Gasteiger partial charge in [-0.1, -0.05) is 17.7 Å². The first kappa shape index (κ1) is 18.1. The Kier molecular flexibility index (Phi) is 5.53. The Hall–Kier alpha value is -1.74. The lowest BCUT2D eigenvalue weighted by Crippen LogP contribution is -2.34. The van der Waals surface area contributed by atoms with Crippen LogP contribution in [0.15, 0.2) is 30.4 Å². The Labute approximate surface area is 152 Å². The molecule has 3 nitrogen and oxygen atoms in total. The van der Waals surface area contributed by atoms with E-state index >= 15 is 0 Å². The van der Waals surface area contributed by atoms with E-state index in [4.69, 9.17) is 4.74 Å². The van der Waals surface area contributed by atoms with Crippen molar-refractivity contribution in [2.75, 3.05) is 6.73 Å². The number of nitrogens with zero attached hydrogens (tertiary/aromatic N) is 1. The number of hydrogen-bond donors (Lipinski definition) is 1. The highest BCUT2D eigenvalue weighted by Crippen LogP contribution is 2.46. The zero-order valence-corrected chi connectivity index (χ0v) is 15.8. The molecule has 1 aromatic rings. The lowest BCUT2D eigenvalue weighted by Gasteiger charge is -2.33. The van der Waals surface area contributed by atoms with Crippen molar-refractivity contribution < 1.29 is 9.84 Å². The van der Waals surface area contributed by atoms with Gasteiger partial charge in [-0.05, 0) is 64.5 Å². The van der Waals surface area contributed by atoms with Gasteiger partial charge in [0.25, 0.3) is 0 Å². The molecule has 2 aliphatic carbocycles. The Morgan fingerprint density at radius 1 is 1.28 bits per heavy atom. The van der Waals surface area contributed by atoms with Gasteiger partial charge in [-0.15, -0.1) is 6.58 Å². The monoisotopic (exact) mass is 341 g/mol. The fourth-order valence-corrected chi connectivity index (χ4v) is 3.96. The molecule has 1 N–H and O–H groups in total. The zero-order valence-electron chi connectivity index (χ0n) is 15.8. The van der Waals surface area contributed by atoms with Crippen molar-refractivity contribution in [3.63, 3.8) is 0 Å². The minimum Gasteiger partial charge on any atom is -0.507 e. The van der Waals surface area contributed by atoms with Gasteiger partial charge in [0.15, 0.2) is 0 Å². The van der Waals surface area contributed by atoms with Crippen LogP contribution >= 0.6 is 0 Å². The van der Waals surface area contributed by atoms with Gasteiger partial charge in [0.1, 0.15) is 18.2 Å². The maximum Gasteiger partial charge on any atom is 0.142 e. The van der Waals surface area contributed by atoms with Crippen molar-refractivity contribution in [2.45, 2.75) is 71.4 Å². The molecule has 0 radical (unpaired) electrons. The maximum absolute atomic E-state index is 10.6. The number of hydrogen-bond acceptors (Lipinski definition) is 3. The van der Waals surface area contributed by atoms with Crippen LogP contribution in [0.25, 0.3) is 0 Å². The molecule has 0 bridgehead atoms. The maximum atomic E-state index is 10.6.